The van der Waals surface area contributed by atoms with Crippen LogP contribution in [-0.4, -0.2) is 38.6 Å². The predicted octanol–water partition coefficient (Wildman–Crippen LogP) is 0.327. The maximum atomic E-state index is 5.67. The molecule has 0 radical (unpaired) electrons. The second-order valence-electron chi connectivity index (χ2n) is 4.20. The van der Waals surface area contributed by atoms with Crippen molar-refractivity contribution >= 4 is 11.9 Å². The van der Waals surface area contributed by atoms with E-state index < -0.39 is 0 Å². The molecular formula is C11H17N7. The molecule has 2 rings (SSSR count). The molecule has 0 saturated carbocycles. The van der Waals surface area contributed by atoms with Crippen molar-refractivity contribution in [1.29, 1.82) is 0 Å². The van der Waals surface area contributed by atoms with E-state index in [0.717, 1.165) is 12.1 Å². The Labute approximate surface area is 106 Å². The summed E-state index contributed by atoms with van der Waals surface area (Å²) in [6, 6.07) is 0. The van der Waals surface area contributed by atoms with Crippen molar-refractivity contribution in [2.24, 2.45) is 0 Å². The van der Waals surface area contributed by atoms with Crippen molar-refractivity contribution in [2.45, 2.75) is 19.9 Å². The normalized spacial score (nSPS) is 10.6. The molecule has 2 heterocycles. The monoisotopic (exact) mass is 247 g/mol. The first-order chi connectivity index (χ1) is 8.58. The van der Waals surface area contributed by atoms with Gasteiger partial charge < -0.3 is 15.2 Å². The van der Waals surface area contributed by atoms with Gasteiger partial charge in [0.2, 0.25) is 11.9 Å². The van der Waals surface area contributed by atoms with Gasteiger partial charge in [0, 0.05) is 20.3 Å². The van der Waals surface area contributed by atoms with Crippen LogP contribution in [0.4, 0.5) is 11.9 Å². The number of imidazole rings is 1. The highest BCUT2D eigenvalue weighted by Crippen LogP contribution is 2.07. The van der Waals surface area contributed by atoms with Crippen LogP contribution >= 0.6 is 0 Å². The molecular weight excluding hydrogens is 230 g/mol. The van der Waals surface area contributed by atoms with Crippen molar-refractivity contribution in [3.05, 3.63) is 24.0 Å². The number of nitrogens with zero attached hydrogens (tertiary/aromatic N) is 6. The van der Waals surface area contributed by atoms with Crippen LogP contribution < -0.4 is 10.6 Å². The zero-order chi connectivity index (χ0) is 13.1. The van der Waals surface area contributed by atoms with E-state index in [4.69, 9.17) is 5.73 Å². The maximum absolute atomic E-state index is 5.67. The summed E-state index contributed by atoms with van der Waals surface area (Å²) in [4.78, 5) is 18.6. The summed E-state index contributed by atoms with van der Waals surface area (Å²) in [5, 5.41) is 0. The average molecular weight is 247 g/mol. The van der Waals surface area contributed by atoms with Gasteiger partial charge >= 0.3 is 0 Å². The standard InChI is InChI=1S/C11H17N7/c1-4-8-5-18(7-13-8)6-9-14-10(12)16-11(15-9)17(2)3/h5,7H,4,6H2,1-3H3,(H2,12,14,15,16). The smallest absolute Gasteiger partial charge is 0.229 e. The molecule has 0 spiro atoms. The SMILES string of the molecule is CCc1cn(Cc2nc(N)nc(N(C)C)n2)cn1. The Morgan fingerprint density at radius 2 is 2.06 bits per heavy atom. The Morgan fingerprint density at radius 1 is 1.28 bits per heavy atom. The molecule has 7 nitrogen and oxygen atoms in total. The molecule has 0 unspecified atom stereocenters. The number of anilines is 2. The molecule has 2 aromatic heterocycles. The highest BCUT2D eigenvalue weighted by Gasteiger charge is 2.07. The lowest BCUT2D eigenvalue weighted by atomic mass is 10.4. The van der Waals surface area contributed by atoms with E-state index in [-0.39, 0.29) is 5.95 Å². The van der Waals surface area contributed by atoms with Crippen LogP contribution in [0.15, 0.2) is 12.5 Å². The Balaban J connectivity index is 2.23. The third-order valence-corrected chi connectivity index (χ3v) is 2.46. The fourth-order valence-electron chi connectivity index (χ4n) is 1.53. The van der Waals surface area contributed by atoms with Crippen LogP contribution in [0.5, 0.6) is 0 Å². The second-order valence-corrected chi connectivity index (χ2v) is 4.20. The lowest BCUT2D eigenvalue weighted by molar-refractivity contribution is 0.733. The Morgan fingerprint density at radius 3 is 2.67 bits per heavy atom. The van der Waals surface area contributed by atoms with E-state index in [1.54, 1.807) is 11.2 Å². The third-order valence-electron chi connectivity index (χ3n) is 2.46. The van der Waals surface area contributed by atoms with E-state index in [2.05, 4.69) is 26.9 Å². The lowest BCUT2D eigenvalue weighted by Gasteiger charge is -2.11. The zero-order valence-corrected chi connectivity index (χ0v) is 10.8. The van der Waals surface area contributed by atoms with E-state index >= 15 is 0 Å². The Hall–Kier alpha value is -2.18. The molecule has 0 aromatic carbocycles. The molecule has 0 amide bonds. The van der Waals surface area contributed by atoms with E-state index in [1.807, 2.05) is 24.9 Å². The number of aryl methyl sites for hydroxylation is 1. The summed E-state index contributed by atoms with van der Waals surface area (Å²) < 4.78 is 1.94. The van der Waals surface area contributed by atoms with E-state index in [9.17, 15) is 0 Å². The molecule has 0 fully saturated rings. The molecule has 0 aliphatic carbocycles. The van der Waals surface area contributed by atoms with Gasteiger partial charge in [-0.2, -0.15) is 15.0 Å². The summed E-state index contributed by atoms with van der Waals surface area (Å²) >= 11 is 0. The van der Waals surface area contributed by atoms with Gasteiger partial charge in [-0.3, -0.25) is 0 Å². The minimum absolute atomic E-state index is 0.236. The van der Waals surface area contributed by atoms with Crippen molar-refractivity contribution in [2.75, 3.05) is 24.7 Å². The number of aromatic nitrogens is 5. The van der Waals surface area contributed by atoms with Gasteiger partial charge in [-0.05, 0) is 6.42 Å². The molecule has 0 aliphatic heterocycles. The van der Waals surface area contributed by atoms with Crippen molar-refractivity contribution in [3.8, 4) is 0 Å². The third kappa shape index (κ3) is 2.73. The predicted molar refractivity (Wildman–Crippen MR) is 69.3 cm³/mol. The molecule has 0 saturated heterocycles. The summed E-state index contributed by atoms with van der Waals surface area (Å²) in [6.07, 6.45) is 4.67. The van der Waals surface area contributed by atoms with Crippen LogP contribution in [0.2, 0.25) is 0 Å². The number of hydrogen-bond donors (Lipinski definition) is 1. The second kappa shape index (κ2) is 4.99. The van der Waals surface area contributed by atoms with Crippen LogP contribution in [0.3, 0.4) is 0 Å². The highest BCUT2D eigenvalue weighted by molar-refractivity contribution is 5.32. The number of nitrogen functional groups attached to an aromatic ring is 1. The molecule has 7 heteroatoms. The summed E-state index contributed by atoms with van der Waals surface area (Å²) in [5.41, 5.74) is 6.71. The quantitative estimate of drug-likeness (QED) is 0.837. The number of nitrogens with two attached hydrogens (primary N) is 1. The fourth-order valence-corrected chi connectivity index (χ4v) is 1.53. The fraction of sp³-hybridized carbons (Fsp3) is 0.455. The first-order valence-electron chi connectivity index (χ1n) is 5.77. The Bertz CT molecular complexity index is 532. The molecule has 96 valence electrons. The van der Waals surface area contributed by atoms with Gasteiger partial charge in [-0.15, -0.1) is 0 Å². The van der Waals surface area contributed by atoms with Gasteiger partial charge in [0.1, 0.15) is 0 Å². The summed E-state index contributed by atoms with van der Waals surface area (Å²) in [5.74, 6) is 1.43. The van der Waals surface area contributed by atoms with Gasteiger partial charge in [-0.25, -0.2) is 4.98 Å². The lowest BCUT2D eigenvalue weighted by Crippen LogP contribution is -2.17. The first kappa shape index (κ1) is 12.3. The van der Waals surface area contributed by atoms with Crippen molar-refractivity contribution in [3.63, 3.8) is 0 Å². The van der Waals surface area contributed by atoms with Gasteiger partial charge in [-0.1, -0.05) is 6.92 Å². The zero-order valence-electron chi connectivity index (χ0n) is 10.8. The number of hydrogen-bond acceptors (Lipinski definition) is 6. The van der Waals surface area contributed by atoms with Gasteiger partial charge in [0.05, 0.1) is 18.6 Å². The molecule has 0 atom stereocenters. The highest BCUT2D eigenvalue weighted by atomic mass is 15.3. The summed E-state index contributed by atoms with van der Waals surface area (Å²) in [6.45, 7) is 2.61. The van der Waals surface area contributed by atoms with Crippen molar-refractivity contribution < 1.29 is 0 Å². The van der Waals surface area contributed by atoms with Crippen molar-refractivity contribution in [1.82, 2.24) is 24.5 Å². The molecule has 2 aromatic rings. The van der Waals surface area contributed by atoms with E-state index in [1.165, 1.54) is 0 Å². The first-order valence-corrected chi connectivity index (χ1v) is 5.77. The summed E-state index contributed by atoms with van der Waals surface area (Å²) in [7, 11) is 3.73. The maximum Gasteiger partial charge on any atom is 0.229 e. The Kier molecular flexibility index (Phi) is 3.40. The van der Waals surface area contributed by atoms with Crippen LogP contribution in [0, 0.1) is 0 Å². The number of rotatable bonds is 4. The topological polar surface area (TPSA) is 85.8 Å². The van der Waals surface area contributed by atoms with Crippen LogP contribution in [0.1, 0.15) is 18.4 Å². The minimum Gasteiger partial charge on any atom is -0.368 e. The average Bonchev–Trinajstić information content (AvgIpc) is 2.76. The van der Waals surface area contributed by atoms with Crippen LogP contribution in [0.25, 0.3) is 0 Å². The molecule has 0 bridgehead atoms. The molecule has 2 N–H and O–H groups in total. The largest absolute Gasteiger partial charge is 0.368 e. The van der Waals surface area contributed by atoms with Crippen LogP contribution in [-0.2, 0) is 13.0 Å². The van der Waals surface area contributed by atoms with E-state index in [0.29, 0.717) is 18.3 Å². The molecule has 0 aliphatic rings. The van der Waals surface area contributed by atoms with Gasteiger partial charge in [0.15, 0.2) is 5.82 Å². The van der Waals surface area contributed by atoms with Gasteiger partial charge in [0.25, 0.3) is 0 Å². The minimum atomic E-state index is 0.236. The molecule has 18 heavy (non-hydrogen) atoms.